The molecule has 162 valence electrons. The molecule has 2 saturated heterocycles. The lowest BCUT2D eigenvalue weighted by Gasteiger charge is -2.27. The van der Waals surface area contributed by atoms with Gasteiger partial charge in [0.25, 0.3) is 15.9 Å². The fourth-order valence-corrected chi connectivity index (χ4v) is 4.95. The minimum atomic E-state index is -3.98. The maximum Gasteiger partial charge on any atom is 0.261 e. The van der Waals surface area contributed by atoms with E-state index in [9.17, 15) is 22.8 Å². The molecule has 3 amide bonds. The molecule has 2 aromatic rings. The van der Waals surface area contributed by atoms with Crippen molar-refractivity contribution in [1.29, 1.82) is 0 Å². The number of nitrogens with zero attached hydrogens (tertiary/aromatic N) is 2. The summed E-state index contributed by atoms with van der Waals surface area (Å²) in [6, 6.07) is 12.1. The van der Waals surface area contributed by atoms with Gasteiger partial charge < -0.3 is 4.90 Å². The van der Waals surface area contributed by atoms with E-state index in [1.165, 1.54) is 24.3 Å². The Morgan fingerprint density at radius 2 is 1.45 bits per heavy atom. The number of imide groups is 1. The zero-order chi connectivity index (χ0) is 22.0. The molecule has 4 rings (SSSR count). The number of hydrogen-bond acceptors (Lipinski definition) is 5. The molecule has 0 spiro atoms. The summed E-state index contributed by atoms with van der Waals surface area (Å²) in [7, 11) is -3.98. The second-order valence-corrected chi connectivity index (χ2v) is 9.30. The molecule has 2 heterocycles. The number of amides is 3. The number of carbonyl (C=O) groups is 3. The van der Waals surface area contributed by atoms with E-state index in [4.69, 9.17) is 0 Å². The Hall–Kier alpha value is -3.20. The van der Waals surface area contributed by atoms with Crippen molar-refractivity contribution in [1.82, 2.24) is 4.90 Å². The number of likely N-dealkylation sites (tertiary alicyclic amines) is 1. The van der Waals surface area contributed by atoms with Crippen LogP contribution in [-0.4, -0.2) is 44.1 Å². The van der Waals surface area contributed by atoms with E-state index in [2.05, 4.69) is 4.72 Å². The van der Waals surface area contributed by atoms with Gasteiger partial charge in [-0.2, -0.15) is 0 Å². The van der Waals surface area contributed by atoms with Crippen molar-refractivity contribution in [3.8, 4) is 0 Å². The molecule has 2 fully saturated rings. The summed E-state index contributed by atoms with van der Waals surface area (Å²) < 4.78 is 28.4. The first kappa shape index (κ1) is 21.0. The summed E-state index contributed by atoms with van der Waals surface area (Å²) in [5, 5.41) is 0. The Kier molecular flexibility index (Phi) is 5.77. The Labute approximate surface area is 180 Å². The van der Waals surface area contributed by atoms with Gasteiger partial charge in [-0.25, -0.2) is 8.42 Å². The van der Waals surface area contributed by atoms with Crippen molar-refractivity contribution in [2.75, 3.05) is 22.7 Å². The van der Waals surface area contributed by atoms with Gasteiger partial charge in [0.2, 0.25) is 11.8 Å². The van der Waals surface area contributed by atoms with E-state index in [0.29, 0.717) is 24.3 Å². The highest BCUT2D eigenvalue weighted by atomic mass is 32.2. The van der Waals surface area contributed by atoms with E-state index in [0.717, 1.165) is 24.2 Å². The standard InChI is InChI=1S/C22H23N3O5S/c26-20-12-13-21(27)25(20)16-8-10-17(11-9-16)31(29,30)23-19-7-3-2-6-18(19)22(28)24-14-4-1-5-15-24/h2-3,6-11,23H,1,4-5,12-15H2. The zero-order valence-electron chi connectivity index (χ0n) is 16.9. The smallest absolute Gasteiger partial charge is 0.261 e. The van der Waals surface area contributed by atoms with Gasteiger partial charge in [0.15, 0.2) is 0 Å². The van der Waals surface area contributed by atoms with Crippen LogP contribution in [0.15, 0.2) is 53.4 Å². The van der Waals surface area contributed by atoms with Crippen LogP contribution < -0.4 is 9.62 Å². The maximum absolute atomic E-state index is 12.9. The van der Waals surface area contributed by atoms with Gasteiger partial charge in [-0.3, -0.25) is 24.0 Å². The molecule has 2 aromatic carbocycles. The summed E-state index contributed by atoms with van der Waals surface area (Å²) in [5.74, 6) is -0.799. The third-order valence-corrected chi connectivity index (χ3v) is 6.88. The van der Waals surface area contributed by atoms with Gasteiger partial charge in [0.05, 0.1) is 21.8 Å². The third kappa shape index (κ3) is 4.32. The maximum atomic E-state index is 12.9. The zero-order valence-corrected chi connectivity index (χ0v) is 17.7. The number of para-hydroxylation sites is 1. The fraction of sp³-hybridized carbons (Fsp3) is 0.318. The van der Waals surface area contributed by atoms with Crippen molar-refractivity contribution in [3.63, 3.8) is 0 Å². The van der Waals surface area contributed by atoms with Gasteiger partial charge in [0, 0.05) is 25.9 Å². The number of sulfonamides is 1. The highest BCUT2D eigenvalue weighted by Gasteiger charge is 2.30. The summed E-state index contributed by atoms with van der Waals surface area (Å²) in [5.41, 5.74) is 0.858. The highest BCUT2D eigenvalue weighted by Crippen LogP contribution is 2.26. The van der Waals surface area contributed by atoms with Crippen molar-refractivity contribution < 1.29 is 22.8 Å². The van der Waals surface area contributed by atoms with Crippen LogP contribution in [0.3, 0.4) is 0 Å². The topological polar surface area (TPSA) is 104 Å². The molecule has 8 nitrogen and oxygen atoms in total. The normalized spacial score (nSPS) is 17.2. The van der Waals surface area contributed by atoms with Crippen LogP contribution in [0.5, 0.6) is 0 Å². The molecule has 0 bridgehead atoms. The van der Waals surface area contributed by atoms with E-state index in [1.54, 1.807) is 29.2 Å². The second kappa shape index (κ2) is 8.50. The predicted molar refractivity (Wildman–Crippen MR) is 115 cm³/mol. The molecule has 9 heteroatoms. The molecule has 1 N–H and O–H groups in total. The van der Waals surface area contributed by atoms with Crippen LogP contribution in [0.4, 0.5) is 11.4 Å². The number of hydrogen-bond donors (Lipinski definition) is 1. The molecule has 0 unspecified atom stereocenters. The summed E-state index contributed by atoms with van der Waals surface area (Å²) in [6.07, 6.45) is 3.27. The molecule has 0 atom stereocenters. The molecule has 0 aliphatic carbocycles. The SMILES string of the molecule is O=C(c1ccccc1NS(=O)(=O)c1ccc(N2C(=O)CCC2=O)cc1)N1CCCCC1. The lowest BCUT2D eigenvalue weighted by molar-refractivity contribution is -0.121. The molecule has 31 heavy (non-hydrogen) atoms. The molecular weight excluding hydrogens is 418 g/mol. The average molecular weight is 442 g/mol. The number of carbonyl (C=O) groups excluding carboxylic acids is 3. The molecule has 2 aliphatic rings. The highest BCUT2D eigenvalue weighted by molar-refractivity contribution is 7.92. The lowest BCUT2D eigenvalue weighted by atomic mass is 10.1. The second-order valence-electron chi connectivity index (χ2n) is 7.62. The lowest BCUT2D eigenvalue weighted by Crippen LogP contribution is -2.36. The van der Waals surface area contributed by atoms with Crippen molar-refractivity contribution in [2.24, 2.45) is 0 Å². The van der Waals surface area contributed by atoms with Gasteiger partial charge in [-0.15, -0.1) is 0 Å². The summed E-state index contributed by atoms with van der Waals surface area (Å²) in [6.45, 7) is 1.32. The first-order valence-electron chi connectivity index (χ1n) is 10.2. The largest absolute Gasteiger partial charge is 0.339 e. The third-order valence-electron chi connectivity index (χ3n) is 5.50. The van der Waals surface area contributed by atoms with E-state index >= 15 is 0 Å². The first-order valence-corrected chi connectivity index (χ1v) is 11.7. The van der Waals surface area contributed by atoms with Crippen molar-refractivity contribution in [3.05, 3.63) is 54.1 Å². The van der Waals surface area contributed by atoms with Crippen LogP contribution in [0.25, 0.3) is 0 Å². The van der Waals surface area contributed by atoms with Crippen LogP contribution in [0.1, 0.15) is 42.5 Å². The van der Waals surface area contributed by atoms with Crippen molar-refractivity contribution >= 4 is 39.1 Å². The number of piperidine rings is 1. The monoisotopic (exact) mass is 441 g/mol. The number of benzene rings is 2. The molecule has 2 aliphatic heterocycles. The number of rotatable bonds is 5. The van der Waals surface area contributed by atoms with Crippen LogP contribution >= 0.6 is 0 Å². The Morgan fingerprint density at radius 1 is 0.839 bits per heavy atom. The molecule has 0 saturated carbocycles. The summed E-state index contributed by atoms with van der Waals surface area (Å²) >= 11 is 0. The van der Waals surface area contributed by atoms with Gasteiger partial charge in [-0.05, 0) is 55.7 Å². The Morgan fingerprint density at radius 3 is 2.10 bits per heavy atom. The number of anilines is 2. The first-order chi connectivity index (χ1) is 14.9. The van der Waals surface area contributed by atoms with E-state index < -0.39 is 10.0 Å². The van der Waals surface area contributed by atoms with E-state index in [-0.39, 0.29) is 41.1 Å². The van der Waals surface area contributed by atoms with Gasteiger partial charge in [0.1, 0.15) is 0 Å². The molecule has 0 radical (unpaired) electrons. The minimum absolute atomic E-state index is 0.0319. The van der Waals surface area contributed by atoms with Gasteiger partial charge >= 0.3 is 0 Å². The minimum Gasteiger partial charge on any atom is -0.339 e. The van der Waals surface area contributed by atoms with E-state index in [1.807, 2.05) is 0 Å². The predicted octanol–water partition coefficient (Wildman–Crippen LogP) is 2.77. The molecule has 0 aromatic heterocycles. The quantitative estimate of drug-likeness (QED) is 0.719. The van der Waals surface area contributed by atoms with Gasteiger partial charge in [-0.1, -0.05) is 12.1 Å². The number of nitrogens with one attached hydrogen (secondary N) is 1. The van der Waals surface area contributed by atoms with Crippen LogP contribution in [0, 0.1) is 0 Å². The average Bonchev–Trinajstić information content (AvgIpc) is 3.12. The summed E-state index contributed by atoms with van der Waals surface area (Å²) in [4.78, 5) is 39.5. The van der Waals surface area contributed by atoms with Crippen LogP contribution in [0.2, 0.25) is 0 Å². The molecular formula is C22H23N3O5S. The van der Waals surface area contributed by atoms with Crippen molar-refractivity contribution in [2.45, 2.75) is 37.0 Å². The Bertz CT molecular complexity index is 1110. The van der Waals surface area contributed by atoms with Crippen LogP contribution in [-0.2, 0) is 19.6 Å². The fourth-order valence-electron chi connectivity index (χ4n) is 3.87. The Balaban J connectivity index is 1.56.